The number of likely N-dealkylation sites (tertiary alicyclic amines) is 1. The van der Waals surface area contributed by atoms with Crippen molar-refractivity contribution in [1.29, 1.82) is 0 Å². The number of rotatable bonds is 6. The molecule has 1 aromatic carbocycles. The van der Waals surface area contributed by atoms with Crippen LogP contribution in [0.3, 0.4) is 0 Å². The standard InChI is InChI=1S/C22H31N5O2.HI/c1-4-23-22(26-13-8-10-19(16-26)21(28)29-5-2)24-15-18-9-6-7-11-20(18)27-14-12-17(3)25-27;/h6-7,9,11-12,14,19H,4-5,8,10,13,15-16H2,1-3H3,(H,23,24);1H/t19-;/m1./s1. The zero-order valence-corrected chi connectivity index (χ0v) is 20.3. The number of guanidine groups is 1. The Morgan fingerprint density at radius 3 is 2.80 bits per heavy atom. The van der Waals surface area contributed by atoms with Crippen molar-refractivity contribution in [3.8, 4) is 5.69 Å². The Labute approximate surface area is 195 Å². The second-order valence-electron chi connectivity index (χ2n) is 7.24. The SMILES string of the molecule is CCNC(=NCc1ccccc1-n1ccc(C)n1)N1CCC[C@@H](C(=O)OCC)C1.I. The molecular weight excluding hydrogens is 493 g/mol. The number of nitrogens with zero attached hydrogens (tertiary/aromatic N) is 4. The molecule has 1 fully saturated rings. The lowest BCUT2D eigenvalue weighted by atomic mass is 9.98. The summed E-state index contributed by atoms with van der Waals surface area (Å²) in [5.74, 6) is 0.646. The van der Waals surface area contributed by atoms with Gasteiger partial charge in [-0.3, -0.25) is 4.79 Å². The van der Waals surface area contributed by atoms with E-state index < -0.39 is 0 Å². The van der Waals surface area contributed by atoms with E-state index in [-0.39, 0.29) is 35.9 Å². The third kappa shape index (κ3) is 6.20. The van der Waals surface area contributed by atoms with Crippen LogP contribution in [0, 0.1) is 12.8 Å². The summed E-state index contributed by atoms with van der Waals surface area (Å²) in [6.45, 7) is 9.17. The van der Waals surface area contributed by atoms with Crippen LogP contribution in [0.4, 0.5) is 0 Å². The highest BCUT2D eigenvalue weighted by molar-refractivity contribution is 14.0. The first-order chi connectivity index (χ1) is 14.1. The molecule has 1 aliphatic rings. The lowest BCUT2D eigenvalue weighted by Gasteiger charge is -2.34. The van der Waals surface area contributed by atoms with Gasteiger partial charge in [-0.1, -0.05) is 18.2 Å². The topological polar surface area (TPSA) is 71.8 Å². The number of ether oxygens (including phenoxy) is 1. The van der Waals surface area contributed by atoms with Crippen LogP contribution in [0.1, 0.15) is 37.9 Å². The molecule has 0 spiro atoms. The number of nitrogens with one attached hydrogen (secondary N) is 1. The monoisotopic (exact) mass is 525 g/mol. The molecule has 0 unspecified atom stereocenters. The normalized spacial score (nSPS) is 16.7. The van der Waals surface area contributed by atoms with E-state index in [9.17, 15) is 4.79 Å². The summed E-state index contributed by atoms with van der Waals surface area (Å²) in [6, 6.07) is 10.2. The van der Waals surface area contributed by atoms with Gasteiger partial charge in [-0.15, -0.1) is 24.0 Å². The number of hydrogen-bond acceptors (Lipinski definition) is 4. The number of aryl methyl sites for hydroxylation is 1. The van der Waals surface area contributed by atoms with Gasteiger partial charge in [-0.05, 0) is 51.3 Å². The van der Waals surface area contributed by atoms with Gasteiger partial charge in [0, 0.05) is 25.8 Å². The number of esters is 1. The molecule has 1 atom stereocenters. The molecule has 1 aromatic heterocycles. The number of aromatic nitrogens is 2. The Bertz CT molecular complexity index is 852. The number of hydrogen-bond donors (Lipinski definition) is 1. The minimum atomic E-state index is -0.104. The van der Waals surface area contributed by atoms with E-state index in [0.29, 0.717) is 19.7 Å². The van der Waals surface area contributed by atoms with Crippen LogP contribution in [-0.2, 0) is 16.1 Å². The van der Waals surface area contributed by atoms with Crippen LogP contribution < -0.4 is 5.32 Å². The Hall–Kier alpha value is -2.10. The molecule has 0 radical (unpaired) electrons. The number of aliphatic imine (C=N–C) groups is 1. The van der Waals surface area contributed by atoms with Gasteiger partial charge < -0.3 is 15.0 Å². The van der Waals surface area contributed by atoms with Gasteiger partial charge in [0.25, 0.3) is 0 Å². The highest BCUT2D eigenvalue weighted by Crippen LogP contribution is 2.19. The van der Waals surface area contributed by atoms with Crippen molar-refractivity contribution < 1.29 is 9.53 Å². The highest BCUT2D eigenvalue weighted by atomic mass is 127. The zero-order valence-electron chi connectivity index (χ0n) is 18.0. The molecular formula is C22H32IN5O2. The Balaban J connectivity index is 0.00000320. The molecule has 1 saturated heterocycles. The van der Waals surface area contributed by atoms with Gasteiger partial charge >= 0.3 is 5.97 Å². The molecule has 30 heavy (non-hydrogen) atoms. The van der Waals surface area contributed by atoms with Crippen molar-refractivity contribution in [2.45, 2.75) is 40.2 Å². The number of para-hydroxylation sites is 1. The van der Waals surface area contributed by atoms with Crippen molar-refractivity contribution in [2.24, 2.45) is 10.9 Å². The Morgan fingerprint density at radius 2 is 2.10 bits per heavy atom. The third-order valence-electron chi connectivity index (χ3n) is 5.04. The predicted octanol–water partition coefficient (Wildman–Crippen LogP) is 3.54. The van der Waals surface area contributed by atoms with Crippen LogP contribution in [0.2, 0.25) is 0 Å². The number of halogens is 1. The van der Waals surface area contributed by atoms with Gasteiger partial charge in [0.1, 0.15) is 0 Å². The summed E-state index contributed by atoms with van der Waals surface area (Å²) in [5, 5.41) is 7.91. The van der Waals surface area contributed by atoms with E-state index in [1.165, 1.54) is 0 Å². The highest BCUT2D eigenvalue weighted by Gasteiger charge is 2.28. The van der Waals surface area contributed by atoms with Crippen LogP contribution in [-0.4, -0.2) is 52.9 Å². The maximum absolute atomic E-state index is 12.2. The average Bonchev–Trinajstić information content (AvgIpc) is 3.17. The molecule has 0 aliphatic carbocycles. The van der Waals surface area contributed by atoms with Crippen LogP contribution in [0.5, 0.6) is 0 Å². The van der Waals surface area contributed by atoms with Gasteiger partial charge in [0.15, 0.2) is 5.96 Å². The third-order valence-corrected chi connectivity index (χ3v) is 5.04. The van der Waals surface area contributed by atoms with E-state index in [1.54, 1.807) is 0 Å². The van der Waals surface area contributed by atoms with E-state index in [1.807, 2.05) is 42.9 Å². The fraction of sp³-hybridized carbons (Fsp3) is 0.500. The van der Waals surface area contributed by atoms with E-state index >= 15 is 0 Å². The van der Waals surface area contributed by atoms with Crippen LogP contribution >= 0.6 is 24.0 Å². The van der Waals surface area contributed by atoms with Gasteiger partial charge in [0.05, 0.1) is 30.5 Å². The Kier molecular flexibility index (Phi) is 9.61. The Morgan fingerprint density at radius 1 is 1.30 bits per heavy atom. The summed E-state index contributed by atoms with van der Waals surface area (Å²) >= 11 is 0. The number of piperidine rings is 1. The molecule has 1 N–H and O–H groups in total. The average molecular weight is 525 g/mol. The van der Waals surface area contributed by atoms with Crippen molar-refractivity contribution >= 4 is 35.9 Å². The van der Waals surface area contributed by atoms with Crippen molar-refractivity contribution in [3.63, 3.8) is 0 Å². The zero-order chi connectivity index (χ0) is 20.6. The maximum Gasteiger partial charge on any atom is 0.310 e. The molecule has 164 valence electrons. The van der Waals surface area contributed by atoms with Crippen molar-refractivity contribution in [1.82, 2.24) is 20.0 Å². The minimum absolute atomic E-state index is 0. The van der Waals surface area contributed by atoms with E-state index in [0.717, 1.165) is 48.8 Å². The first-order valence-corrected chi connectivity index (χ1v) is 10.4. The molecule has 0 saturated carbocycles. The summed E-state index contributed by atoms with van der Waals surface area (Å²) in [5.41, 5.74) is 3.11. The summed E-state index contributed by atoms with van der Waals surface area (Å²) in [7, 11) is 0. The quantitative estimate of drug-likeness (QED) is 0.271. The largest absolute Gasteiger partial charge is 0.466 e. The summed E-state index contributed by atoms with van der Waals surface area (Å²) in [4.78, 5) is 19.2. The van der Waals surface area contributed by atoms with Gasteiger partial charge in [-0.25, -0.2) is 9.67 Å². The fourth-order valence-corrected chi connectivity index (χ4v) is 3.63. The lowest BCUT2D eigenvalue weighted by Crippen LogP contribution is -2.48. The van der Waals surface area contributed by atoms with Crippen LogP contribution in [0.25, 0.3) is 5.69 Å². The predicted molar refractivity (Wildman–Crippen MR) is 129 cm³/mol. The smallest absolute Gasteiger partial charge is 0.310 e. The minimum Gasteiger partial charge on any atom is -0.466 e. The number of carbonyl (C=O) groups is 1. The fourth-order valence-electron chi connectivity index (χ4n) is 3.63. The van der Waals surface area contributed by atoms with Gasteiger partial charge in [-0.2, -0.15) is 5.10 Å². The van der Waals surface area contributed by atoms with Gasteiger partial charge in [0.2, 0.25) is 0 Å². The summed E-state index contributed by atoms with van der Waals surface area (Å²) in [6.07, 6.45) is 3.80. The molecule has 2 heterocycles. The molecule has 0 amide bonds. The van der Waals surface area contributed by atoms with Crippen molar-refractivity contribution in [2.75, 3.05) is 26.2 Å². The molecule has 7 nitrogen and oxygen atoms in total. The summed E-state index contributed by atoms with van der Waals surface area (Å²) < 4.78 is 7.12. The first-order valence-electron chi connectivity index (χ1n) is 10.4. The number of benzene rings is 1. The van der Waals surface area contributed by atoms with Crippen LogP contribution in [0.15, 0.2) is 41.5 Å². The molecule has 0 bridgehead atoms. The molecule has 3 rings (SSSR count). The van der Waals surface area contributed by atoms with E-state index in [2.05, 4.69) is 34.4 Å². The van der Waals surface area contributed by atoms with E-state index in [4.69, 9.17) is 9.73 Å². The first kappa shape index (κ1) is 24.2. The lowest BCUT2D eigenvalue weighted by molar-refractivity contribution is -0.149. The molecule has 8 heteroatoms. The number of carbonyl (C=O) groups excluding carboxylic acids is 1. The second-order valence-corrected chi connectivity index (χ2v) is 7.24. The second kappa shape index (κ2) is 11.9. The van der Waals surface area contributed by atoms with Crippen molar-refractivity contribution in [3.05, 3.63) is 47.8 Å². The molecule has 1 aliphatic heterocycles. The maximum atomic E-state index is 12.2. The molecule has 2 aromatic rings.